The summed E-state index contributed by atoms with van der Waals surface area (Å²) < 4.78 is 24.2. The molecule has 7 aromatic heterocycles. The first-order valence-corrected chi connectivity index (χ1v) is 65.2. The van der Waals surface area contributed by atoms with E-state index >= 15 is 0 Å². The predicted molar refractivity (Wildman–Crippen MR) is 627 cm³/mol. The van der Waals surface area contributed by atoms with Gasteiger partial charge in [-0.1, -0.05) is 395 Å². The second kappa shape index (κ2) is 48.4. The molecule has 0 amide bonds. The molecule has 14 aromatic carbocycles. The first-order chi connectivity index (χ1) is 71.4. The van der Waals surface area contributed by atoms with Crippen molar-refractivity contribution < 1.29 is 64.4 Å². The number of para-hydroxylation sites is 1. The van der Waals surface area contributed by atoms with Gasteiger partial charge in [-0.15, -0.1) is 189 Å². The van der Waals surface area contributed by atoms with E-state index in [-0.39, 0.29) is 66.0 Å². The smallest absolute Gasteiger partial charge is 0.136 e. The summed E-state index contributed by atoms with van der Waals surface area (Å²) >= 11 is 0. The van der Waals surface area contributed by atoms with E-state index in [0.717, 1.165) is 86.2 Å². The van der Waals surface area contributed by atoms with E-state index in [1.807, 2.05) is 117 Å². The Morgan fingerprint density at radius 2 is 0.716 bits per heavy atom. The molecule has 3 radical (unpaired) electrons. The standard InChI is InChI=1S/C38H32NSi2.C31H34NSi2.C28H27N2Si.3C12H10N.3Ir/c1-40(2,3)38-27-39-35(26-33(38)28-15-7-4-8-16-28)29-23-24-37-34(25-29)32-21-13-14-22-36(32)41(37,30-17-9-5-10-18-30)31-19-11-6-12-20-31;1-22(2)18-24-20-28(32-21-31(24)33(3,4)25-12-8-7-9-13-25)23-16-17-30-27(19-23)26-14-10-11-15-29(26)34(30,5)6;1-5-30-26-14-10-9-13-22(26)24-17-21(15-16-27(24)30)25-18-23(20-11-7-6-8-12-20)28(19-29-25)31(2,3)4;3*1-10-6-5-9-12(13-10)11-7-3-2-4-8-11;;;/h4-22,24-27H,1-3H3;7-15,17,19-22H,18H2,1-6H3;6-14,16-19H,5H2,1-4H3;3*2-7,9H,1H3;;;/q6*-1;;;/i;;;1D3;;;;;. The van der Waals surface area contributed by atoms with Crippen LogP contribution in [-0.2, 0) is 73.3 Å². The molecule has 2 aliphatic heterocycles. The quantitative estimate of drug-likeness (QED) is 0.0667. The summed E-state index contributed by atoms with van der Waals surface area (Å²) in [6, 6.07) is 162. The topological polar surface area (TPSA) is 82.3 Å². The van der Waals surface area contributed by atoms with Crippen LogP contribution >= 0.6 is 0 Å². The third kappa shape index (κ3) is 24.0. The number of rotatable bonds is 17. The molecule has 0 saturated heterocycles. The minimum absolute atomic E-state index is 0. The molecule has 15 heteroatoms. The average molecular weight is 2540 g/mol. The number of hydrogen-bond acceptors (Lipinski definition) is 6. The molecule has 0 N–H and O–H groups in total. The average Bonchev–Trinajstić information content (AvgIpc) is 1.54. The van der Waals surface area contributed by atoms with Crippen molar-refractivity contribution in [2.75, 3.05) is 0 Å². The second-order valence-electron chi connectivity index (χ2n) is 40.8. The monoisotopic (exact) mass is 2540 g/mol. The third-order valence-corrected chi connectivity index (χ3v) is 43.6. The predicted octanol–water partition coefficient (Wildman–Crippen LogP) is 26.9. The number of benzene rings is 14. The number of hydrogen-bond donors (Lipinski definition) is 0. The SMILES string of the molecule is CC(C)Cc1cc(-c2[c-]cc3c(c2)-c2ccccc2[Si]3(C)C)ncc1[Si](C)(C)c1ccccc1.CCn1c2c[c-]c(-c3cc(-c4ccccc4)c([Si](C)(C)C)cn3)cc2c2ccccc21.C[Si](C)(C)c1cnc(-c2[c-]cc3c(c2)-c2ccccc2[Si]3(c2ccccc2)c2ccccc2)cc1-c1ccccc1.Cc1cccc(-c2[c-]cccc2)n1.Cc1cccc(-c2[c-]cccc2)n1.[2H]C([2H])([2H])c1cccc(-c2[c-]cccc2)n1.[Ir].[Ir].[Ir]. The van der Waals surface area contributed by atoms with Crippen LogP contribution in [0.2, 0.25) is 65.5 Å². The molecule has 0 bridgehead atoms. The summed E-state index contributed by atoms with van der Waals surface area (Å²) in [6.07, 6.45) is 7.49. The Balaban J connectivity index is 0.000000142. The van der Waals surface area contributed by atoms with Crippen molar-refractivity contribution in [3.8, 4) is 112 Å². The molecule has 9 heterocycles. The van der Waals surface area contributed by atoms with E-state index in [2.05, 4.69) is 440 Å². The van der Waals surface area contributed by atoms with Gasteiger partial charge >= 0.3 is 0 Å². The zero-order chi connectivity index (χ0) is 103. The zero-order valence-corrected chi connectivity index (χ0v) is 98.7. The Morgan fingerprint density at radius 3 is 1.18 bits per heavy atom. The maximum absolute atomic E-state index is 7.29. The van der Waals surface area contributed by atoms with Crippen LogP contribution in [0.4, 0.5) is 0 Å². The van der Waals surface area contributed by atoms with Gasteiger partial charge in [0.05, 0.1) is 24.2 Å². The minimum Gasteiger partial charge on any atom is -0.381 e. The molecule has 0 spiro atoms. The normalized spacial score (nSPS) is 12.5. The zero-order valence-electron chi connectivity index (χ0n) is 89.5. The second-order valence-corrected chi connectivity index (χ2v) is 63.3. The number of aromatic nitrogens is 7. The van der Waals surface area contributed by atoms with E-state index in [4.69, 9.17) is 19.1 Å². The van der Waals surface area contributed by atoms with Crippen LogP contribution in [-0.4, -0.2) is 74.8 Å². The molecular weight excluding hydrogens is 2410 g/mol. The number of nitrogens with zero attached hydrogens (tertiary/aromatic N) is 7. The van der Waals surface area contributed by atoms with Crippen molar-refractivity contribution in [3.63, 3.8) is 0 Å². The largest absolute Gasteiger partial charge is 0.381 e. The summed E-state index contributed by atoms with van der Waals surface area (Å²) in [6.45, 7) is 33.7. The maximum Gasteiger partial charge on any atom is 0.136 e. The molecular formula is C133H123Ir3N7Si5-6. The summed E-state index contributed by atoms with van der Waals surface area (Å²) in [4.78, 5) is 27.9. The maximum atomic E-state index is 7.29. The van der Waals surface area contributed by atoms with Gasteiger partial charge in [0.25, 0.3) is 0 Å². The Hall–Kier alpha value is -13.2. The van der Waals surface area contributed by atoms with Gasteiger partial charge in [0.1, 0.15) is 16.1 Å². The van der Waals surface area contributed by atoms with E-state index in [9.17, 15) is 0 Å². The fraction of sp³-hybridized carbons (Fsp3) is 0.143. The number of pyridine rings is 6. The van der Waals surface area contributed by atoms with Gasteiger partial charge in [-0.25, -0.2) is 0 Å². The molecule has 0 aliphatic carbocycles. The molecule has 23 rings (SSSR count). The first-order valence-electron chi connectivity index (χ1n) is 51.7. The van der Waals surface area contributed by atoms with Crippen LogP contribution < -0.4 is 51.9 Å². The van der Waals surface area contributed by atoms with Gasteiger partial charge in [0.15, 0.2) is 0 Å². The summed E-state index contributed by atoms with van der Waals surface area (Å²) in [5, 5.41) is 16.9. The molecule has 743 valence electrons. The van der Waals surface area contributed by atoms with Crippen LogP contribution in [0.5, 0.6) is 0 Å². The van der Waals surface area contributed by atoms with Crippen LogP contribution in [0.15, 0.2) is 425 Å². The molecule has 148 heavy (non-hydrogen) atoms. The van der Waals surface area contributed by atoms with Gasteiger partial charge in [0, 0.05) is 112 Å². The van der Waals surface area contributed by atoms with Crippen LogP contribution in [0, 0.1) is 63.0 Å². The molecule has 0 saturated carbocycles. The molecule has 0 atom stereocenters. The fourth-order valence-corrected chi connectivity index (χ4v) is 34.1. The summed E-state index contributed by atoms with van der Waals surface area (Å²) in [7, 11) is -9.14. The molecule has 2 aliphatic rings. The van der Waals surface area contributed by atoms with E-state index in [1.165, 1.54) is 130 Å². The Bertz CT molecular complexity index is 8100. The van der Waals surface area contributed by atoms with E-state index < -0.39 is 47.2 Å². The molecule has 0 fully saturated rings. The van der Waals surface area contributed by atoms with Crippen molar-refractivity contribution in [3.05, 3.63) is 484 Å². The van der Waals surface area contributed by atoms with Crippen molar-refractivity contribution in [1.82, 2.24) is 34.5 Å². The Morgan fingerprint density at radius 1 is 0.324 bits per heavy atom. The summed E-state index contributed by atoms with van der Waals surface area (Å²) in [5.41, 5.74) is 28.4. The van der Waals surface area contributed by atoms with Crippen LogP contribution in [0.1, 0.15) is 47.5 Å². The minimum atomic E-state index is -2.49. The molecule has 21 aromatic rings. The van der Waals surface area contributed by atoms with Crippen molar-refractivity contribution >= 4 is 114 Å². The van der Waals surface area contributed by atoms with Gasteiger partial charge in [-0.2, -0.15) is 0 Å². The van der Waals surface area contributed by atoms with Crippen molar-refractivity contribution in [2.45, 2.75) is 120 Å². The Kier molecular flexibility index (Phi) is 34.3. The van der Waals surface area contributed by atoms with Crippen molar-refractivity contribution in [2.24, 2.45) is 5.92 Å². The van der Waals surface area contributed by atoms with E-state index in [1.54, 1.807) is 18.2 Å². The molecule has 7 nitrogen and oxygen atoms in total. The van der Waals surface area contributed by atoms with Crippen LogP contribution in [0.25, 0.3) is 134 Å². The number of fused-ring (bicyclic) bond motifs is 9. The van der Waals surface area contributed by atoms with Gasteiger partial charge in [0.2, 0.25) is 0 Å². The number of aryl methyl sites for hydroxylation is 4. The van der Waals surface area contributed by atoms with Gasteiger partial charge in [-0.05, 0) is 163 Å². The third-order valence-electron chi connectivity index (χ3n) is 27.6. The van der Waals surface area contributed by atoms with Crippen molar-refractivity contribution in [1.29, 1.82) is 0 Å². The fourth-order valence-electron chi connectivity index (χ4n) is 20.4. The van der Waals surface area contributed by atoms with Gasteiger partial charge < -0.3 is 34.5 Å². The van der Waals surface area contributed by atoms with Crippen LogP contribution in [0.3, 0.4) is 0 Å². The van der Waals surface area contributed by atoms with Gasteiger partial charge in [-0.3, -0.25) is 0 Å². The first kappa shape index (κ1) is 105. The summed E-state index contributed by atoms with van der Waals surface area (Å²) in [5.74, 6) is 0.595. The Labute approximate surface area is 926 Å². The van der Waals surface area contributed by atoms with E-state index in [0.29, 0.717) is 11.6 Å². The molecule has 0 unspecified atom stereocenters.